The Kier molecular flexibility index (Phi) is 3.56. The van der Waals surface area contributed by atoms with Crippen LogP contribution in [0, 0.1) is 0 Å². The summed E-state index contributed by atoms with van der Waals surface area (Å²) in [4.78, 5) is 24.7. The van der Waals surface area contributed by atoms with Crippen LogP contribution in [0.4, 0.5) is 0 Å². The highest BCUT2D eigenvalue weighted by atomic mass is 32.2. The van der Waals surface area contributed by atoms with Crippen molar-refractivity contribution >= 4 is 51.9 Å². The number of carbonyl (C=O) groups excluding carboxylic acids is 1. The number of fused-ring (bicyclic) bond motifs is 1. The number of amides is 1. The quantitative estimate of drug-likeness (QED) is 0.598. The van der Waals surface area contributed by atoms with Gasteiger partial charge in [-0.25, -0.2) is 4.79 Å². The third kappa shape index (κ3) is 2.13. The maximum Gasteiger partial charge on any atom is 0.327 e. The van der Waals surface area contributed by atoms with Crippen LogP contribution in [-0.4, -0.2) is 47.1 Å². The van der Waals surface area contributed by atoms with Crippen LogP contribution >= 0.6 is 35.7 Å². The first-order valence-electron chi connectivity index (χ1n) is 5.80. The molecule has 0 aromatic carbocycles. The van der Waals surface area contributed by atoms with Crippen LogP contribution < -0.4 is 5.73 Å². The van der Waals surface area contributed by atoms with Crippen LogP contribution in [0.5, 0.6) is 0 Å². The Morgan fingerprint density at radius 2 is 2.26 bits per heavy atom. The number of carboxylic acids is 1. The third-order valence-electron chi connectivity index (χ3n) is 3.91. The van der Waals surface area contributed by atoms with E-state index in [0.717, 1.165) is 0 Å². The molecule has 0 saturated carbocycles. The lowest BCUT2D eigenvalue weighted by Crippen LogP contribution is -2.61. The molecule has 2 rings (SSSR count). The summed E-state index contributed by atoms with van der Waals surface area (Å²) < 4.78 is -0.829. The molecule has 0 aromatic rings. The molecule has 0 aromatic heterocycles. The first kappa shape index (κ1) is 14.9. The normalized spacial score (nSPS) is 33.8. The first-order chi connectivity index (χ1) is 8.60. The van der Waals surface area contributed by atoms with Gasteiger partial charge in [0.15, 0.2) is 0 Å². The summed E-state index contributed by atoms with van der Waals surface area (Å²) in [6.45, 7) is 5.74. The number of hydrogen-bond donors (Lipinski definition) is 2. The van der Waals surface area contributed by atoms with E-state index in [1.54, 1.807) is 11.8 Å². The van der Waals surface area contributed by atoms with Gasteiger partial charge in [-0.2, -0.15) is 0 Å². The lowest BCUT2D eigenvalue weighted by Gasteiger charge is -2.43. The van der Waals surface area contributed by atoms with E-state index in [1.165, 1.54) is 16.7 Å². The second kappa shape index (κ2) is 4.53. The zero-order valence-electron chi connectivity index (χ0n) is 10.9. The number of carboxylic acid groups (broad SMARTS) is 1. The van der Waals surface area contributed by atoms with Crippen molar-refractivity contribution in [2.75, 3.05) is 0 Å². The fourth-order valence-corrected chi connectivity index (χ4v) is 6.08. The topological polar surface area (TPSA) is 83.6 Å². The SMILES string of the molecule is CC(C)(SC(N)=S)C1(C)SC2CC(=O)N2C1C(=O)O. The molecule has 0 aliphatic carbocycles. The Bertz CT molecular complexity index is 468. The van der Waals surface area contributed by atoms with Gasteiger partial charge in [-0.1, -0.05) is 24.0 Å². The maximum absolute atomic E-state index is 11.7. The van der Waals surface area contributed by atoms with Crippen LogP contribution in [0.1, 0.15) is 27.2 Å². The molecule has 3 unspecified atom stereocenters. The van der Waals surface area contributed by atoms with E-state index >= 15 is 0 Å². The minimum absolute atomic E-state index is 0.0372. The third-order valence-corrected chi connectivity index (χ3v) is 7.32. The molecule has 5 nitrogen and oxygen atoms in total. The number of carbonyl (C=O) groups is 2. The summed E-state index contributed by atoms with van der Waals surface area (Å²) in [6, 6.07) is -0.833. The molecule has 3 N–H and O–H groups in total. The van der Waals surface area contributed by atoms with E-state index in [4.69, 9.17) is 18.0 Å². The molecule has 2 aliphatic rings. The zero-order valence-corrected chi connectivity index (χ0v) is 13.3. The molecule has 0 radical (unpaired) electrons. The lowest BCUT2D eigenvalue weighted by molar-refractivity contribution is -0.157. The van der Waals surface area contributed by atoms with Gasteiger partial charge >= 0.3 is 5.97 Å². The van der Waals surface area contributed by atoms with E-state index in [-0.39, 0.29) is 15.6 Å². The van der Waals surface area contributed by atoms with Gasteiger partial charge in [-0.05, 0) is 20.8 Å². The fraction of sp³-hybridized carbons (Fsp3) is 0.727. The minimum atomic E-state index is -0.970. The number of hydrogen-bond acceptors (Lipinski definition) is 5. The first-order valence-corrected chi connectivity index (χ1v) is 7.91. The van der Waals surface area contributed by atoms with E-state index < -0.39 is 21.5 Å². The highest BCUT2D eigenvalue weighted by molar-refractivity contribution is 8.24. The van der Waals surface area contributed by atoms with Crippen molar-refractivity contribution in [3.63, 3.8) is 0 Å². The van der Waals surface area contributed by atoms with Crippen LogP contribution in [-0.2, 0) is 9.59 Å². The Hall–Kier alpha value is -0.470. The second-order valence-electron chi connectivity index (χ2n) is 5.36. The van der Waals surface area contributed by atoms with E-state index in [2.05, 4.69) is 0 Å². The highest BCUT2D eigenvalue weighted by Gasteiger charge is 2.65. The predicted octanol–water partition coefficient (Wildman–Crippen LogP) is 1.26. The summed E-state index contributed by atoms with van der Waals surface area (Å²) in [6.07, 6.45) is 0.415. The number of nitrogens with two attached hydrogens (primary N) is 1. The molecular weight excluding hydrogens is 304 g/mol. The van der Waals surface area contributed by atoms with Gasteiger partial charge in [0, 0.05) is 4.75 Å². The summed E-state index contributed by atoms with van der Waals surface area (Å²) in [5, 5.41) is 9.47. The van der Waals surface area contributed by atoms with Gasteiger partial charge in [-0.3, -0.25) is 4.79 Å². The van der Waals surface area contributed by atoms with Crippen molar-refractivity contribution in [3.05, 3.63) is 0 Å². The van der Waals surface area contributed by atoms with E-state index in [9.17, 15) is 14.7 Å². The molecule has 3 atom stereocenters. The van der Waals surface area contributed by atoms with Gasteiger partial charge < -0.3 is 15.7 Å². The van der Waals surface area contributed by atoms with E-state index in [0.29, 0.717) is 6.42 Å². The standard InChI is InChI=1S/C11H16N2O3S3/c1-10(2,19-9(12)17)11(3)7(8(15)16)13-5(14)4-6(13)18-11/h6-7H,4H2,1-3H3,(H2,12,17)(H,15,16). The minimum Gasteiger partial charge on any atom is -0.480 e. The van der Waals surface area contributed by atoms with Crippen molar-refractivity contribution in [1.29, 1.82) is 0 Å². The zero-order chi connectivity index (χ0) is 14.6. The van der Waals surface area contributed by atoms with Crippen molar-refractivity contribution in [2.45, 2.75) is 48.1 Å². The number of rotatable bonds is 3. The predicted molar refractivity (Wildman–Crippen MR) is 81.1 cm³/mol. The van der Waals surface area contributed by atoms with Crippen LogP contribution in [0.3, 0.4) is 0 Å². The number of β-lactam (4-membered cyclic amide) rings is 1. The molecule has 2 fully saturated rings. The van der Waals surface area contributed by atoms with Crippen molar-refractivity contribution in [2.24, 2.45) is 5.73 Å². The molecule has 0 bridgehead atoms. The summed E-state index contributed by atoms with van der Waals surface area (Å²) in [7, 11) is 0. The van der Waals surface area contributed by atoms with E-state index in [1.807, 2.05) is 20.8 Å². The van der Waals surface area contributed by atoms with Gasteiger partial charge in [0.2, 0.25) is 5.91 Å². The average molecular weight is 320 g/mol. The van der Waals surface area contributed by atoms with Crippen LogP contribution in [0.25, 0.3) is 0 Å². The molecule has 2 heterocycles. The Morgan fingerprint density at radius 1 is 1.68 bits per heavy atom. The Morgan fingerprint density at radius 3 is 2.68 bits per heavy atom. The summed E-state index contributed by atoms with van der Waals surface area (Å²) in [5.41, 5.74) is 5.60. The largest absolute Gasteiger partial charge is 0.480 e. The van der Waals surface area contributed by atoms with Gasteiger partial charge in [-0.15, -0.1) is 11.8 Å². The van der Waals surface area contributed by atoms with Crippen LogP contribution in [0.15, 0.2) is 0 Å². The average Bonchev–Trinajstić information content (AvgIpc) is 2.46. The molecule has 2 saturated heterocycles. The number of thiocarbonyl (C=S) groups is 1. The Labute approximate surface area is 125 Å². The fourth-order valence-electron chi connectivity index (χ4n) is 2.60. The number of nitrogens with zero attached hydrogens (tertiary/aromatic N) is 1. The van der Waals surface area contributed by atoms with Crippen LogP contribution in [0.2, 0.25) is 0 Å². The second-order valence-corrected chi connectivity index (χ2v) is 9.35. The smallest absolute Gasteiger partial charge is 0.327 e. The Balaban J connectivity index is 2.38. The number of thioether (sulfide) groups is 2. The van der Waals surface area contributed by atoms with Gasteiger partial charge in [0.05, 0.1) is 16.5 Å². The molecule has 8 heteroatoms. The highest BCUT2D eigenvalue weighted by Crippen LogP contribution is 2.58. The molecule has 106 valence electrons. The number of aliphatic carboxylic acids is 1. The summed E-state index contributed by atoms with van der Waals surface area (Å²) >= 11 is 7.77. The summed E-state index contributed by atoms with van der Waals surface area (Å²) in [5.74, 6) is -1.06. The molecular formula is C11H16N2O3S3. The maximum atomic E-state index is 11.7. The molecule has 0 spiro atoms. The van der Waals surface area contributed by atoms with Gasteiger partial charge in [0.1, 0.15) is 10.4 Å². The van der Waals surface area contributed by atoms with Gasteiger partial charge in [0.25, 0.3) is 0 Å². The lowest BCUT2D eigenvalue weighted by atomic mass is 9.86. The van der Waals surface area contributed by atoms with Crippen molar-refractivity contribution in [1.82, 2.24) is 4.90 Å². The molecule has 19 heavy (non-hydrogen) atoms. The van der Waals surface area contributed by atoms with Crippen molar-refractivity contribution in [3.8, 4) is 0 Å². The monoisotopic (exact) mass is 320 g/mol. The molecule has 2 aliphatic heterocycles. The molecule has 1 amide bonds. The van der Waals surface area contributed by atoms with Crippen molar-refractivity contribution < 1.29 is 14.7 Å².